The van der Waals surface area contributed by atoms with Crippen LogP contribution in [-0.2, 0) is 9.59 Å². The van der Waals surface area contributed by atoms with Crippen molar-refractivity contribution in [1.82, 2.24) is 0 Å². The van der Waals surface area contributed by atoms with Crippen molar-refractivity contribution < 1.29 is 9.59 Å². The predicted octanol–water partition coefficient (Wildman–Crippen LogP) is 6.04. The maximum atomic E-state index is 13.3. The average molecular weight is 420 g/mol. The molecule has 0 saturated heterocycles. The highest BCUT2D eigenvalue weighted by Crippen LogP contribution is 2.43. The minimum absolute atomic E-state index is 0.146. The highest BCUT2D eigenvalue weighted by atomic mass is 35.5. The highest BCUT2D eigenvalue weighted by Gasteiger charge is 2.41. The lowest BCUT2D eigenvalue weighted by Gasteiger charge is -2.17. The third-order valence-electron chi connectivity index (χ3n) is 4.36. The van der Waals surface area contributed by atoms with E-state index < -0.39 is 0 Å². The molecule has 0 aromatic heterocycles. The Kier molecular flexibility index (Phi) is 5.71. The van der Waals surface area contributed by atoms with Crippen LogP contribution < -0.4 is 4.90 Å². The highest BCUT2D eigenvalue weighted by molar-refractivity contribution is 8.04. The molecule has 27 heavy (non-hydrogen) atoms. The van der Waals surface area contributed by atoms with Crippen LogP contribution in [0.1, 0.15) is 30.5 Å². The van der Waals surface area contributed by atoms with E-state index in [1.165, 1.54) is 11.8 Å². The molecule has 1 heterocycles. The molecule has 0 fully saturated rings. The smallest absolute Gasteiger partial charge is 0.268 e. The number of imide groups is 1. The van der Waals surface area contributed by atoms with Crippen LogP contribution in [-0.4, -0.2) is 17.1 Å². The minimum Gasteiger partial charge on any atom is -0.268 e. The Hall–Kier alpha value is -1.75. The first-order valence-corrected chi connectivity index (χ1v) is 10.2. The van der Waals surface area contributed by atoms with Gasteiger partial charge in [-0.3, -0.25) is 9.59 Å². The Balaban J connectivity index is 2.17. The van der Waals surface area contributed by atoms with Crippen LogP contribution in [0.3, 0.4) is 0 Å². The van der Waals surface area contributed by atoms with Gasteiger partial charge in [-0.25, -0.2) is 4.90 Å². The third-order valence-corrected chi connectivity index (χ3v) is 6.26. The molecule has 3 nitrogen and oxygen atoms in total. The first-order chi connectivity index (χ1) is 12.7. The van der Waals surface area contributed by atoms with Crippen LogP contribution in [0.4, 0.5) is 5.69 Å². The second-order valence-corrected chi connectivity index (χ2v) is 9.06. The van der Waals surface area contributed by atoms with Gasteiger partial charge in [0.25, 0.3) is 11.8 Å². The third kappa shape index (κ3) is 3.66. The van der Waals surface area contributed by atoms with Crippen molar-refractivity contribution in [1.29, 1.82) is 0 Å². The van der Waals surface area contributed by atoms with Crippen molar-refractivity contribution in [2.75, 3.05) is 4.90 Å². The average Bonchev–Trinajstić information content (AvgIpc) is 2.83. The van der Waals surface area contributed by atoms with E-state index in [0.29, 0.717) is 21.2 Å². The van der Waals surface area contributed by atoms with Crippen LogP contribution >= 0.6 is 35.0 Å². The van der Waals surface area contributed by atoms with Gasteiger partial charge >= 0.3 is 0 Å². The number of halogens is 2. The van der Waals surface area contributed by atoms with Crippen LogP contribution in [0, 0.1) is 13.8 Å². The number of rotatable bonds is 4. The molecule has 3 rings (SSSR count). The standard InChI is InChI=1S/C21H19Cl2NO2S/c1-11(2)27-19-17(14-9-8-12(3)13(4)10-14)20(25)24(21(19)26)16-7-5-6-15(22)18(16)23/h5-11H,1-4H3. The maximum absolute atomic E-state index is 13.3. The molecule has 0 saturated carbocycles. The zero-order valence-electron chi connectivity index (χ0n) is 15.5. The van der Waals surface area contributed by atoms with Gasteiger partial charge in [-0.05, 0) is 42.7 Å². The molecule has 0 radical (unpaired) electrons. The molecule has 0 atom stereocenters. The number of amides is 2. The zero-order chi connectivity index (χ0) is 19.9. The summed E-state index contributed by atoms with van der Waals surface area (Å²) in [7, 11) is 0. The molecule has 6 heteroatoms. The Morgan fingerprint density at radius 1 is 0.963 bits per heavy atom. The SMILES string of the molecule is Cc1ccc(C2=C(SC(C)C)C(=O)N(c3cccc(Cl)c3Cl)C2=O)cc1C. The molecule has 140 valence electrons. The fourth-order valence-corrected chi connectivity index (χ4v) is 4.26. The van der Waals surface area contributed by atoms with Gasteiger partial charge in [0.05, 0.1) is 26.2 Å². The van der Waals surface area contributed by atoms with E-state index in [1.807, 2.05) is 45.9 Å². The normalized spacial score (nSPS) is 14.7. The van der Waals surface area contributed by atoms with Crippen molar-refractivity contribution >= 4 is 58.0 Å². The lowest BCUT2D eigenvalue weighted by molar-refractivity contribution is -0.119. The van der Waals surface area contributed by atoms with Gasteiger partial charge < -0.3 is 0 Å². The van der Waals surface area contributed by atoms with E-state index in [9.17, 15) is 9.59 Å². The van der Waals surface area contributed by atoms with Crippen molar-refractivity contribution in [2.45, 2.75) is 32.9 Å². The number of carbonyl (C=O) groups excluding carboxylic acids is 2. The number of carbonyl (C=O) groups is 2. The molecule has 0 N–H and O–H groups in total. The number of nitrogens with zero attached hydrogens (tertiary/aromatic N) is 1. The van der Waals surface area contributed by atoms with Gasteiger partial charge in [0.2, 0.25) is 0 Å². The zero-order valence-corrected chi connectivity index (χ0v) is 17.8. The lowest BCUT2D eigenvalue weighted by Crippen LogP contribution is -2.31. The number of thioether (sulfide) groups is 1. The molecule has 2 aromatic rings. The summed E-state index contributed by atoms with van der Waals surface area (Å²) in [5, 5.41) is 0.636. The van der Waals surface area contributed by atoms with Crippen molar-refractivity contribution in [2.24, 2.45) is 0 Å². The number of hydrogen-bond acceptors (Lipinski definition) is 3. The van der Waals surface area contributed by atoms with Crippen LogP contribution in [0.25, 0.3) is 5.57 Å². The summed E-state index contributed by atoms with van der Waals surface area (Å²) in [6.45, 7) is 7.98. The topological polar surface area (TPSA) is 37.4 Å². The maximum Gasteiger partial charge on any atom is 0.272 e. The van der Waals surface area contributed by atoms with Gasteiger partial charge in [0.1, 0.15) is 0 Å². The van der Waals surface area contributed by atoms with Gasteiger partial charge in [-0.1, -0.05) is 61.3 Å². The Labute approximate surface area is 173 Å². The molecule has 1 aliphatic heterocycles. The predicted molar refractivity (Wildman–Crippen MR) is 115 cm³/mol. The Morgan fingerprint density at radius 3 is 2.30 bits per heavy atom. The fourth-order valence-electron chi connectivity index (χ4n) is 2.89. The van der Waals surface area contributed by atoms with Gasteiger partial charge in [0.15, 0.2) is 0 Å². The molecule has 0 unspecified atom stereocenters. The lowest BCUT2D eigenvalue weighted by atomic mass is 10.0. The number of hydrogen-bond donors (Lipinski definition) is 0. The number of aryl methyl sites for hydroxylation is 2. The summed E-state index contributed by atoms with van der Waals surface area (Å²) in [6.07, 6.45) is 0. The molecular weight excluding hydrogens is 401 g/mol. The molecule has 0 bridgehead atoms. The Bertz CT molecular complexity index is 982. The molecule has 0 spiro atoms. The molecular formula is C21H19Cl2NO2S. The van der Waals surface area contributed by atoms with Crippen LogP contribution in [0.5, 0.6) is 0 Å². The summed E-state index contributed by atoms with van der Waals surface area (Å²) in [4.78, 5) is 28.0. The van der Waals surface area contributed by atoms with Crippen LogP contribution in [0.15, 0.2) is 41.3 Å². The van der Waals surface area contributed by atoms with Gasteiger partial charge in [0, 0.05) is 5.25 Å². The van der Waals surface area contributed by atoms with Crippen molar-refractivity contribution in [3.05, 3.63) is 68.0 Å². The van der Waals surface area contributed by atoms with Gasteiger partial charge in [-0.2, -0.15) is 0 Å². The fraction of sp³-hybridized carbons (Fsp3) is 0.238. The van der Waals surface area contributed by atoms with Crippen molar-refractivity contribution in [3.63, 3.8) is 0 Å². The van der Waals surface area contributed by atoms with Gasteiger partial charge in [-0.15, -0.1) is 11.8 Å². The Morgan fingerprint density at radius 2 is 1.67 bits per heavy atom. The van der Waals surface area contributed by atoms with E-state index in [2.05, 4.69) is 0 Å². The van der Waals surface area contributed by atoms with Crippen LogP contribution in [0.2, 0.25) is 10.0 Å². The monoisotopic (exact) mass is 419 g/mol. The number of benzene rings is 2. The summed E-state index contributed by atoms with van der Waals surface area (Å²) >= 11 is 13.8. The first-order valence-electron chi connectivity index (χ1n) is 8.53. The summed E-state index contributed by atoms with van der Waals surface area (Å²) in [5.41, 5.74) is 3.65. The van der Waals surface area contributed by atoms with E-state index in [1.54, 1.807) is 18.2 Å². The second kappa shape index (κ2) is 7.70. The molecule has 1 aliphatic rings. The minimum atomic E-state index is -0.379. The largest absolute Gasteiger partial charge is 0.272 e. The summed E-state index contributed by atoms with van der Waals surface area (Å²) < 4.78 is 0. The quantitative estimate of drug-likeness (QED) is 0.567. The molecule has 2 aromatic carbocycles. The summed E-state index contributed by atoms with van der Waals surface area (Å²) in [5.74, 6) is -0.744. The first kappa shape index (κ1) is 20.0. The van der Waals surface area contributed by atoms with E-state index >= 15 is 0 Å². The van der Waals surface area contributed by atoms with E-state index in [4.69, 9.17) is 23.2 Å². The van der Waals surface area contributed by atoms with E-state index in [0.717, 1.165) is 21.6 Å². The van der Waals surface area contributed by atoms with E-state index in [-0.39, 0.29) is 22.1 Å². The summed E-state index contributed by atoms with van der Waals surface area (Å²) in [6, 6.07) is 10.7. The van der Waals surface area contributed by atoms with Crippen molar-refractivity contribution in [3.8, 4) is 0 Å². The molecule has 0 aliphatic carbocycles. The molecule has 2 amide bonds. The number of anilines is 1. The second-order valence-electron chi connectivity index (χ2n) is 6.69.